The number of pyridine rings is 1. The molecule has 1 aromatic carbocycles. The maximum Gasteiger partial charge on any atom is 0.272 e. The van der Waals surface area contributed by atoms with Crippen molar-refractivity contribution in [1.82, 2.24) is 9.88 Å². The summed E-state index contributed by atoms with van der Waals surface area (Å²) in [6.45, 7) is -2.53. The third kappa shape index (κ3) is 4.54. The first-order chi connectivity index (χ1) is 17.4. The summed E-state index contributed by atoms with van der Waals surface area (Å²) < 4.78 is 91.6. The van der Waals surface area contributed by atoms with E-state index in [0.717, 1.165) is 12.1 Å². The monoisotopic (exact) mass is 498 g/mol. The van der Waals surface area contributed by atoms with Crippen LogP contribution in [0, 0.1) is 17.6 Å². The van der Waals surface area contributed by atoms with E-state index < -0.39 is 41.9 Å². The lowest BCUT2D eigenvalue weighted by Crippen LogP contribution is -2.53. The van der Waals surface area contributed by atoms with Crippen LogP contribution in [0.3, 0.4) is 0 Å². The van der Waals surface area contributed by atoms with Gasteiger partial charge in [0.2, 0.25) is 5.92 Å². The summed E-state index contributed by atoms with van der Waals surface area (Å²) in [5, 5.41) is 0. The van der Waals surface area contributed by atoms with E-state index >= 15 is 0 Å². The van der Waals surface area contributed by atoms with Gasteiger partial charge in [0.05, 0.1) is 23.0 Å². The van der Waals surface area contributed by atoms with Crippen LogP contribution in [-0.2, 0) is 15.1 Å². The number of nitrogens with zero attached hydrogens (tertiary/aromatic N) is 2. The molecule has 1 saturated carbocycles. The lowest BCUT2D eigenvalue weighted by atomic mass is 9.82. The zero-order chi connectivity index (χ0) is 26.6. The van der Waals surface area contributed by atoms with Crippen molar-refractivity contribution in [3.05, 3.63) is 53.2 Å². The lowest BCUT2D eigenvalue weighted by molar-refractivity contribution is -0.119. The number of ether oxygens (including phenoxy) is 4. The highest BCUT2D eigenvalue weighted by atomic mass is 19.3. The van der Waals surface area contributed by atoms with E-state index in [-0.39, 0.29) is 67.8 Å². The predicted molar refractivity (Wildman–Crippen MR) is 113 cm³/mol. The molecule has 188 valence electrons. The Morgan fingerprint density at radius 1 is 1.26 bits per heavy atom. The molecule has 3 fully saturated rings. The molecule has 2 aromatic rings. The first-order valence-electron chi connectivity index (χ1n) is 12.1. The summed E-state index contributed by atoms with van der Waals surface area (Å²) in [6.07, 6.45) is -1.53. The van der Waals surface area contributed by atoms with E-state index in [0.29, 0.717) is 6.07 Å². The van der Waals surface area contributed by atoms with Crippen molar-refractivity contribution >= 4 is 5.91 Å². The van der Waals surface area contributed by atoms with E-state index in [1.54, 1.807) is 0 Å². The van der Waals surface area contributed by atoms with Crippen molar-refractivity contribution in [3.63, 3.8) is 0 Å². The van der Waals surface area contributed by atoms with Crippen LogP contribution in [-0.4, -0.2) is 61.4 Å². The Hall–Kier alpha value is -2.92. The second-order valence-corrected chi connectivity index (χ2v) is 8.99. The third-order valence-corrected chi connectivity index (χ3v) is 6.60. The van der Waals surface area contributed by atoms with Crippen molar-refractivity contribution < 1.29 is 44.0 Å². The zero-order valence-electron chi connectivity index (χ0n) is 20.7. The number of hydrogen-bond acceptors (Lipinski definition) is 6. The van der Waals surface area contributed by atoms with Gasteiger partial charge in [0.25, 0.3) is 11.8 Å². The maximum absolute atomic E-state index is 14.0. The van der Waals surface area contributed by atoms with E-state index in [9.17, 15) is 22.4 Å². The molecule has 5 rings (SSSR count). The molecule has 1 amide bonds. The van der Waals surface area contributed by atoms with Gasteiger partial charge in [-0.3, -0.25) is 4.79 Å². The number of alkyl halides is 2. The SMILES string of the molecule is [2H]C1([2H])OC2CN(C(=O)c3ccc(OCC4CC(F)(F)C4)c(OC)n3)CCC2(c2cc(F)cc(F)c2)O1. The molecule has 0 spiro atoms. The number of carbonyl (C=O) groups excluding carboxylic acids is 1. The van der Waals surface area contributed by atoms with Gasteiger partial charge in [-0.15, -0.1) is 0 Å². The van der Waals surface area contributed by atoms with Crippen molar-refractivity contribution in [2.45, 2.75) is 36.9 Å². The Kier molecular flexibility index (Phi) is 5.46. The smallest absolute Gasteiger partial charge is 0.272 e. The minimum Gasteiger partial charge on any atom is -0.488 e. The number of methoxy groups -OCH3 is 1. The Morgan fingerprint density at radius 2 is 2.00 bits per heavy atom. The number of amides is 1. The number of fused-ring (bicyclic) bond motifs is 1. The van der Waals surface area contributed by atoms with Crippen LogP contribution in [0.4, 0.5) is 17.6 Å². The number of hydrogen-bond donors (Lipinski definition) is 0. The molecule has 7 nitrogen and oxygen atoms in total. The maximum atomic E-state index is 14.0. The molecule has 2 atom stereocenters. The van der Waals surface area contributed by atoms with Crippen LogP contribution in [0.2, 0.25) is 0 Å². The van der Waals surface area contributed by atoms with Gasteiger partial charge in [0, 0.05) is 37.8 Å². The molecule has 3 aliphatic rings. The lowest BCUT2D eigenvalue weighted by Gasteiger charge is -2.41. The Labute approximate surface area is 201 Å². The highest BCUT2D eigenvalue weighted by Crippen LogP contribution is 2.44. The fraction of sp³-hybridized carbons (Fsp3) is 0.500. The Morgan fingerprint density at radius 3 is 2.69 bits per heavy atom. The van der Waals surface area contributed by atoms with Crippen LogP contribution in [0.15, 0.2) is 30.3 Å². The van der Waals surface area contributed by atoms with Gasteiger partial charge in [-0.1, -0.05) is 0 Å². The molecule has 11 heteroatoms. The second-order valence-electron chi connectivity index (χ2n) is 8.99. The van der Waals surface area contributed by atoms with E-state index in [1.807, 2.05) is 0 Å². The average Bonchev–Trinajstić information content (AvgIpc) is 3.10. The molecular formula is C24H24F4N2O5. The van der Waals surface area contributed by atoms with Gasteiger partial charge in [-0.2, -0.15) is 0 Å². The third-order valence-electron chi connectivity index (χ3n) is 6.60. The number of piperidine rings is 1. The summed E-state index contributed by atoms with van der Waals surface area (Å²) in [4.78, 5) is 18.8. The van der Waals surface area contributed by atoms with Gasteiger partial charge >= 0.3 is 0 Å². The van der Waals surface area contributed by atoms with Crippen LogP contribution in [0.5, 0.6) is 11.6 Å². The largest absolute Gasteiger partial charge is 0.488 e. The topological polar surface area (TPSA) is 70.1 Å². The molecule has 0 radical (unpaired) electrons. The number of halogens is 4. The van der Waals surface area contributed by atoms with Crippen molar-refractivity contribution in [2.24, 2.45) is 5.92 Å². The first kappa shape index (κ1) is 21.4. The average molecular weight is 498 g/mol. The first-order valence-corrected chi connectivity index (χ1v) is 11.1. The summed E-state index contributed by atoms with van der Waals surface area (Å²) in [6, 6.07) is 5.70. The number of benzene rings is 1. The van der Waals surface area contributed by atoms with Crippen molar-refractivity contribution in [1.29, 1.82) is 0 Å². The zero-order valence-corrected chi connectivity index (χ0v) is 18.7. The van der Waals surface area contributed by atoms with Crippen LogP contribution < -0.4 is 9.47 Å². The van der Waals surface area contributed by atoms with Gasteiger partial charge in [-0.05, 0) is 29.8 Å². The van der Waals surface area contributed by atoms with Gasteiger partial charge in [0.15, 0.2) is 5.75 Å². The summed E-state index contributed by atoms with van der Waals surface area (Å²) in [7, 11) is 1.33. The fourth-order valence-electron chi connectivity index (χ4n) is 4.75. The van der Waals surface area contributed by atoms with Gasteiger partial charge in [-0.25, -0.2) is 22.5 Å². The highest BCUT2D eigenvalue weighted by molar-refractivity contribution is 5.92. The standard InChI is InChI=1S/C24H24F4N2O5/c1-32-21-19(33-12-14-9-23(27,28)10-14)3-2-18(29-21)22(31)30-5-4-24(20(11-30)34-13-35-24)15-6-16(25)8-17(26)7-15/h2-3,6-8,14,20H,4-5,9-13H2,1H3/i13D2. The number of rotatable bonds is 6. The molecule has 2 saturated heterocycles. The Bertz CT molecular complexity index is 1190. The molecule has 3 heterocycles. The number of carbonyl (C=O) groups is 1. The number of likely N-dealkylation sites (tertiary alicyclic amines) is 1. The van der Waals surface area contributed by atoms with Crippen LogP contribution in [0.25, 0.3) is 0 Å². The molecule has 35 heavy (non-hydrogen) atoms. The summed E-state index contributed by atoms with van der Waals surface area (Å²) >= 11 is 0. The minimum atomic E-state index is -2.66. The van der Waals surface area contributed by atoms with Gasteiger partial charge in [0.1, 0.15) is 35.8 Å². The summed E-state index contributed by atoms with van der Waals surface area (Å²) in [5.74, 6) is -4.93. The quantitative estimate of drug-likeness (QED) is 0.563. The summed E-state index contributed by atoms with van der Waals surface area (Å²) in [5.41, 5.74) is -1.41. The van der Waals surface area contributed by atoms with Gasteiger partial charge < -0.3 is 23.8 Å². The van der Waals surface area contributed by atoms with Crippen molar-refractivity contribution in [2.75, 3.05) is 33.6 Å². The van der Waals surface area contributed by atoms with Crippen LogP contribution in [0.1, 0.15) is 38.1 Å². The normalized spacial score (nSPS) is 27.9. The molecule has 0 N–H and O–H groups in total. The molecule has 1 aromatic heterocycles. The highest BCUT2D eigenvalue weighted by Gasteiger charge is 2.51. The van der Waals surface area contributed by atoms with E-state index in [4.69, 9.17) is 21.7 Å². The van der Waals surface area contributed by atoms with E-state index in [1.165, 1.54) is 24.1 Å². The second kappa shape index (κ2) is 8.94. The predicted octanol–water partition coefficient (Wildman–Crippen LogP) is 3.91. The molecule has 1 aliphatic carbocycles. The number of aromatic nitrogens is 1. The molecule has 2 aliphatic heterocycles. The minimum absolute atomic E-state index is 0.00519. The molecule has 0 bridgehead atoms. The Balaban J connectivity index is 1.32. The molecule has 2 unspecified atom stereocenters. The fourth-order valence-corrected chi connectivity index (χ4v) is 4.75. The molecular weight excluding hydrogens is 472 g/mol. The van der Waals surface area contributed by atoms with Crippen molar-refractivity contribution in [3.8, 4) is 11.6 Å². The van der Waals surface area contributed by atoms with Crippen LogP contribution >= 0.6 is 0 Å². The van der Waals surface area contributed by atoms with E-state index in [2.05, 4.69) is 4.98 Å².